The zero-order valence-electron chi connectivity index (χ0n) is 14.4. The SMILES string of the molecule is CCCC(C)(C)c1ccc(OC)cc1.Cn1cc(C(=O)O)nn1. The molecule has 0 bridgehead atoms. The van der Waals surface area contributed by atoms with Gasteiger partial charge in [0.05, 0.1) is 13.3 Å². The highest BCUT2D eigenvalue weighted by molar-refractivity contribution is 5.84. The monoisotopic (exact) mass is 319 g/mol. The number of nitrogens with zero attached hydrogens (tertiary/aromatic N) is 3. The Labute approximate surface area is 137 Å². The summed E-state index contributed by atoms with van der Waals surface area (Å²) >= 11 is 0. The first-order valence-electron chi connectivity index (χ1n) is 7.54. The summed E-state index contributed by atoms with van der Waals surface area (Å²) in [5.41, 5.74) is 1.64. The molecular weight excluding hydrogens is 294 g/mol. The molecule has 1 N–H and O–H groups in total. The van der Waals surface area contributed by atoms with E-state index in [0.29, 0.717) is 0 Å². The number of rotatable bonds is 5. The minimum Gasteiger partial charge on any atom is -0.497 e. The number of ether oxygens (including phenoxy) is 1. The standard InChI is InChI=1S/C13H20O.C4H5N3O2/c1-5-10-13(2,3)11-6-8-12(14-4)9-7-11;1-7-2-3(4(8)9)5-6-7/h6-9H,5,10H2,1-4H3;2H,1H3,(H,8,9). The van der Waals surface area contributed by atoms with Gasteiger partial charge in [-0.3, -0.25) is 4.68 Å². The van der Waals surface area contributed by atoms with Gasteiger partial charge in [0.1, 0.15) is 5.75 Å². The molecule has 1 aromatic heterocycles. The van der Waals surface area contributed by atoms with E-state index in [1.807, 2.05) is 12.1 Å². The molecule has 6 heteroatoms. The van der Waals surface area contributed by atoms with Crippen molar-refractivity contribution < 1.29 is 14.6 Å². The van der Waals surface area contributed by atoms with Gasteiger partial charge in [0, 0.05) is 7.05 Å². The van der Waals surface area contributed by atoms with Gasteiger partial charge >= 0.3 is 5.97 Å². The third-order valence-corrected chi connectivity index (χ3v) is 3.57. The third kappa shape index (κ3) is 5.73. The van der Waals surface area contributed by atoms with Gasteiger partial charge in [-0.25, -0.2) is 4.79 Å². The maximum absolute atomic E-state index is 10.1. The summed E-state index contributed by atoms with van der Waals surface area (Å²) in [7, 11) is 3.31. The van der Waals surface area contributed by atoms with Crippen LogP contribution in [0, 0.1) is 0 Å². The lowest BCUT2D eigenvalue weighted by atomic mass is 9.81. The molecule has 0 spiro atoms. The first kappa shape index (κ1) is 18.7. The first-order chi connectivity index (χ1) is 10.8. The highest BCUT2D eigenvalue weighted by atomic mass is 16.5. The van der Waals surface area contributed by atoms with E-state index in [2.05, 4.69) is 43.2 Å². The molecule has 2 rings (SSSR count). The highest BCUT2D eigenvalue weighted by Gasteiger charge is 2.18. The van der Waals surface area contributed by atoms with Gasteiger partial charge in [-0.2, -0.15) is 0 Å². The van der Waals surface area contributed by atoms with Gasteiger partial charge in [0.15, 0.2) is 5.69 Å². The Balaban J connectivity index is 0.000000253. The number of benzene rings is 1. The fourth-order valence-electron chi connectivity index (χ4n) is 2.26. The molecule has 0 fully saturated rings. The van der Waals surface area contributed by atoms with Crippen molar-refractivity contribution in [2.45, 2.75) is 39.0 Å². The van der Waals surface area contributed by atoms with Gasteiger partial charge in [-0.15, -0.1) is 5.10 Å². The van der Waals surface area contributed by atoms with Crippen LogP contribution in [0.3, 0.4) is 0 Å². The summed E-state index contributed by atoms with van der Waals surface area (Å²) < 4.78 is 6.48. The van der Waals surface area contributed by atoms with Gasteiger partial charge < -0.3 is 9.84 Å². The topological polar surface area (TPSA) is 77.2 Å². The van der Waals surface area contributed by atoms with Crippen molar-refractivity contribution in [1.29, 1.82) is 0 Å². The van der Waals surface area contributed by atoms with Crippen LogP contribution in [0.4, 0.5) is 0 Å². The van der Waals surface area contributed by atoms with Crippen molar-refractivity contribution in [2.75, 3.05) is 7.11 Å². The van der Waals surface area contributed by atoms with E-state index in [4.69, 9.17) is 9.84 Å². The van der Waals surface area contributed by atoms with Crippen molar-refractivity contribution in [3.8, 4) is 5.75 Å². The van der Waals surface area contributed by atoms with Crippen molar-refractivity contribution in [3.63, 3.8) is 0 Å². The molecule has 6 nitrogen and oxygen atoms in total. The predicted octanol–water partition coefficient (Wildman–Crippen LogP) is 3.29. The number of aromatic nitrogens is 3. The Morgan fingerprint density at radius 3 is 2.26 bits per heavy atom. The fourth-order valence-corrected chi connectivity index (χ4v) is 2.26. The summed E-state index contributed by atoms with van der Waals surface area (Å²) in [6, 6.07) is 8.39. The smallest absolute Gasteiger partial charge is 0.358 e. The van der Waals surface area contributed by atoms with Crippen LogP contribution in [0.15, 0.2) is 30.5 Å². The number of methoxy groups -OCH3 is 1. The molecule has 1 aromatic carbocycles. The van der Waals surface area contributed by atoms with Crippen LogP contribution in [0.5, 0.6) is 5.75 Å². The van der Waals surface area contributed by atoms with Crippen LogP contribution in [0.25, 0.3) is 0 Å². The molecule has 0 aliphatic rings. The van der Waals surface area contributed by atoms with E-state index in [-0.39, 0.29) is 11.1 Å². The molecule has 0 saturated carbocycles. The molecule has 0 atom stereocenters. The second kappa shape index (κ2) is 8.31. The summed E-state index contributed by atoms with van der Waals surface area (Å²) in [6.45, 7) is 6.81. The normalized spacial score (nSPS) is 10.7. The van der Waals surface area contributed by atoms with Crippen LogP contribution >= 0.6 is 0 Å². The molecule has 1 heterocycles. The Kier molecular flexibility index (Phi) is 6.75. The number of carboxylic acids is 1. The zero-order chi connectivity index (χ0) is 17.5. The van der Waals surface area contributed by atoms with Crippen molar-refractivity contribution in [1.82, 2.24) is 15.0 Å². The zero-order valence-corrected chi connectivity index (χ0v) is 14.4. The molecular formula is C17H25N3O3. The predicted molar refractivity (Wildman–Crippen MR) is 88.9 cm³/mol. The maximum atomic E-state index is 10.1. The number of hydrogen-bond donors (Lipinski definition) is 1. The van der Waals surface area contributed by atoms with Gasteiger partial charge in [-0.1, -0.05) is 44.5 Å². The molecule has 0 unspecified atom stereocenters. The third-order valence-electron chi connectivity index (χ3n) is 3.57. The summed E-state index contributed by atoms with van der Waals surface area (Å²) in [5.74, 6) is -0.121. The van der Waals surface area contributed by atoms with Crippen LogP contribution in [-0.2, 0) is 12.5 Å². The average Bonchev–Trinajstić information content (AvgIpc) is 2.95. The number of carbonyl (C=O) groups is 1. The van der Waals surface area contributed by atoms with E-state index in [1.54, 1.807) is 14.2 Å². The quantitative estimate of drug-likeness (QED) is 0.915. The van der Waals surface area contributed by atoms with E-state index >= 15 is 0 Å². The molecule has 0 aliphatic heterocycles. The van der Waals surface area contributed by atoms with Crippen LogP contribution in [0.2, 0.25) is 0 Å². The lowest BCUT2D eigenvalue weighted by molar-refractivity contribution is 0.0690. The number of carboxylic acid groups (broad SMARTS) is 1. The average molecular weight is 319 g/mol. The van der Waals surface area contributed by atoms with Gasteiger partial charge in [0.25, 0.3) is 0 Å². The van der Waals surface area contributed by atoms with E-state index in [0.717, 1.165) is 5.75 Å². The molecule has 0 aliphatic carbocycles. The van der Waals surface area contributed by atoms with E-state index in [1.165, 1.54) is 29.3 Å². The van der Waals surface area contributed by atoms with Gasteiger partial charge in [0.2, 0.25) is 0 Å². The minimum atomic E-state index is -1.05. The van der Waals surface area contributed by atoms with Crippen molar-refractivity contribution in [2.24, 2.45) is 7.05 Å². The Hall–Kier alpha value is -2.37. The molecule has 126 valence electrons. The second-order valence-electron chi connectivity index (χ2n) is 5.94. The number of hydrogen-bond acceptors (Lipinski definition) is 4. The second-order valence-corrected chi connectivity index (χ2v) is 5.94. The number of aryl methyl sites for hydroxylation is 1. The Bertz CT molecular complexity index is 618. The van der Waals surface area contributed by atoms with Crippen molar-refractivity contribution in [3.05, 3.63) is 41.7 Å². The molecule has 23 heavy (non-hydrogen) atoms. The van der Waals surface area contributed by atoms with Crippen molar-refractivity contribution >= 4 is 5.97 Å². The summed E-state index contributed by atoms with van der Waals surface area (Å²) in [4.78, 5) is 10.1. The van der Waals surface area contributed by atoms with Crippen LogP contribution < -0.4 is 4.74 Å². The summed E-state index contributed by atoms with van der Waals surface area (Å²) in [5, 5.41) is 15.0. The summed E-state index contributed by atoms with van der Waals surface area (Å²) in [6.07, 6.45) is 3.78. The van der Waals surface area contributed by atoms with E-state index < -0.39 is 5.97 Å². The van der Waals surface area contributed by atoms with Crippen LogP contribution in [0.1, 0.15) is 49.7 Å². The largest absolute Gasteiger partial charge is 0.497 e. The first-order valence-corrected chi connectivity index (χ1v) is 7.54. The molecule has 0 amide bonds. The molecule has 0 radical (unpaired) electrons. The minimum absolute atomic E-state index is 0.0301. The van der Waals surface area contributed by atoms with E-state index in [9.17, 15) is 4.79 Å². The lowest BCUT2D eigenvalue weighted by Crippen LogP contribution is -2.16. The number of aromatic carboxylic acids is 1. The maximum Gasteiger partial charge on any atom is 0.358 e. The Morgan fingerprint density at radius 2 is 1.91 bits per heavy atom. The highest BCUT2D eigenvalue weighted by Crippen LogP contribution is 2.29. The molecule has 2 aromatic rings. The molecule has 0 saturated heterocycles. The Morgan fingerprint density at radius 1 is 1.30 bits per heavy atom. The van der Waals surface area contributed by atoms with Crippen LogP contribution in [-0.4, -0.2) is 33.2 Å². The van der Waals surface area contributed by atoms with Gasteiger partial charge in [-0.05, 0) is 29.5 Å². The fraction of sp³-hybridized carbons (Fsp3) is 0.471. The lowest BCUT2D eigenvalue weighted by Gasteiger charge is -2.24.